The van der Waals surface area contributed by atoms with Crippen LogP contribution >= 0.6 is 0 Å². The zero-order valence-corrected chi connectivity index (χ0v) is 15.5. The van der Waals surface area contributed by atoms with Crippen molar-refractivity contribution in [2.45, 2.75) is 0 Å². The summed E-state index contributed by atoms with van der Waals surface area (Å²) >= 11 is 0. The molecule has 0 aliphatic rings. The quantitative estimate of drug-likeness (QED) is 0.615. The van der Waals surface area contributed by atoms with Crippen molar-refractivity contribution in [3.63, 3.8) is 0 Å². The van der Waals surface area contributed by atoms with Crippen LogP contribution in [0.25, 0.3) is 21.3 Å². The van der Waals surface area contributed by atoms with Crippen LogP contribution in [0.1, 0.15) is 0 Å². The summed E-state index contributed by atoms with van der Waals surface area (Å²) in [5.41, 5.74) is 0. The minimum absolute atomic E-state index is 0. The molecule has 14 heavy (non-hydrogen) atoms. The van der Waals surface area contributed by atoms with Crippen molar-refractivity contribution in [3.05, 3.63) is 21.3 Å². The second-order valence-corrected chi connectivity index (χ2v) is 1.79. The molecular formula is C8H24N4TiZn. The molecule has 0 unspecified atom stereocenters. The summed E-state index contributed by atoms with van der Waals surface area (Å²) in [6.45, 7) is 0. The summed E-state index contributed by atoms with van der Waals surface area (Å²) in [7, 11) is 14.0. The molecule has 4 nitrogen and oxygen atoms in total. The van der Waals surface area contributed by atoms with Gasteiger partial charge in [-0.05, 0) is 0 Å². The third-order valence-corrected chi connectivity index (χ3v) is 0. The summed E-state index contributed by atoms with van der Waals surface area (Å²) in [6.07, 6.45) is 0. The van der Waals surface area contributed by atoms with Gasteiger partial charge < -0.3 is 21.3 Å². The van der Waals surface area contributed by atoms with Crippen LogP contribution in [0.15, 0.2) is 0 Å². The van der Waals surface area contributed by atoms with Gasteiger partial charge in [0.1, 0.15) is 0 Å². The average molecular weight is 290 g/mol. The van der Waals surface area contributed by atoms with E-state index in [1.54, 1.807) is 56.4 Å². The van der Waals surface area contributed by atoms with Crippen LogP contribution in [0.4, 0.5) is 0 Å². The van der Waals surface area contributed by atoms with Crippen LogP contribution in [0, 0.1) is 0 Å². The van der Waals surface area contributed by atoms with E-state index in [0.29, 0.717) is 0 Å². The van der Waals surface area contributed by atoms with E-state index in [9.17, 15) is 0 Å². The van der Waals surface area contributed by atoms with E-state index in [2.05, 4.69) is 21.3 Å². The first-order valence-electron chi connectivity index (χ1n) is 3.58. The second-order valence-electron chi connectivity index (χ2n) is 1.79. The molecule has 0 saturated heterocycles. The fourth-order valence-electron chi connectivity index (χ4n) is 0. The Labute approximate surface area is 118 Å². The minimum Gasteiger partial charge on any atom is -0.668 e. The Morgan fingerprint density at radius 2 is 0.429 bits per heavy atom. The molecule has 0 aromatic carbocycles. The predicted molar refractivity (Wildman–Crippen MR) is 60.8 cm³/mol. The molecule has 0 rings (SSSR count). The van der Waals surface area contributed by atoms with Gasteiger partial charge in [-0.3, -0.25) is 0 Å². The average Bonchev–Trinajstić information content (AvgIpc) is 1.92. The molecule has 0 saturated carbocycles. The van der Waals surface area contributed by atoms with Gasteiger partial charge in [0.2, 0.25) is 0 Å². The van der Waals surface area contributed by atoms with E-state index in [4.69, 9.17) is 0 Å². The predicted octanol–water partition coefficient (Wildman–Crippen LogP) is 2.47. The summed E-state index contributed by atoms with van der Waals surface area (Å²) in [6, 6.07) is 0. The van der Waals surface area contributed by atoms with Crippen molar-refractivity contribution in [3.8, 4) is 0 Å². The van der Waals surface area contributed by atoms with Crippen LogP contribution in [0.2, 0.25) is 0 Å². The molecule has 0 fully saturated rings. The third-order valence-electron chi connectivity index (χ3n) is 0. The van der Waals surface area contributed by atoms with Gasteiger partial charge in [0.25, 0.3) is 0 Å². The largest absolute Gasteiger partial charge is 4.00 e. The van der Waals surface area contributed by atoms with Gasteiger partial charge in [0.05, 0.1) is 0 Å². The molecule has 0 radical (unpaired) electrons. The first kappa shape index (κ1) is 36.2. The first-order chi connectivity index (χ1) is 5.66. The Morgan fingerprint density at radius 3 is 0.429 bits per heavy atom. The smallest absolute Gasteiger partial charge is 0.668 e. The topological polar surface area (TPSA) is 56.4 Å². The molecule has 0 aliphatic heterocycles. The summed E-state index contributed by atoms with van der Waals surface area (Å²) in [5.74, 6) is 0. The van der Waals surface area contributed by atoms with Gasteiger partial charge >= 0.3 is 21.7 Å². The van der Waals surface area contributed by atoms with E-state index in [0.717, 1.165) is 0 Å². The third kappa shape index (κ3) is 1410. The van der Waals surface area contributed by atoms with Crippen molar-refractivity contribution < 1.29 is 41.2 Å². The molecule has 82 valence electrons. The van der Waals surface area contributed by atoms with Gasteiger partial charge in [-0.15, -0.1) is 0 Å². The Kier molecular flexibility index (Phi) is 238. The molecule has 0 N–H and O–H groups in total. The minimum atomic E-state index is 0. The van der Waals surface area contributed by atoms with E-state index in [1.807, 2.05) is 0 Å². The first-order valence-corrected chi connectivity index (χ1v) is 3.58. The molecule has 0 aromatic rings. The number of hydrogen-bond donors (Lipinski definition) is 0. The van der Waals surface area contributed by atoms with Crippen molar-refractivity contribution in [1.82, 2.24) is 0 Å². The van der Waals surface area contributed by atoms with Crippen LogP contribution in [0.3, 0.4) is 0 Å². The molecular weight excluding hydrogens is 265 g/mol. The Morgan fingerprint density at radius 1 is 0.429 bits per heavy atom. The van der Waals surface area contributed by atoms with E-state index in [-0.39, 0.29) is 41.2 Å². The fourth-order valence-corrected chi connectivity index (χ4v) is 0. The Hall–Kier alpha value is 1.18. The van der Waals surface area contributed by atoms with E-state index < -0.39 is 0 Å². The summed E-state index contributed by atoms with van der Waals surface area (Å²) in [5, 5.41) is 14.0. The van der Waals surface area contributed by atoms with Crippen LogP contribution < -0.4 is 0 Å². The maximum Gasteiger partial charge on any atom is 4.00 e. The second kappa shape index (κ2) is 91.8. The molecule has 6 heteroatoms. The summed E-state index contributed by atoms with van der Waals surface area (Å²) < 4.78 is 0. The van der Waals surface area contributed by atoms with Gasteiger partial charge in [-0.1, -0.05) is 0 Å². The normalized spacial score (nSPS) is 5.14. The SMILES string of the molecule is C[N-]C.C[N-]C.C[N-]C.C[N-]C.[Ti+4].[Zn]. The molecule has 0 aromatic heterocycles. The molecule has 0 bridgehead atoms. The van der Waals surface area contributed by atoms with Crippen molar-refractivity contribution in [2.75, 3.05) is 56.4 Å². The van der Waals surface area contributed by atoms with Crippen LogP contribution in [0.5, 0.6) is 0 Å². The van der Waals surface area contributed by atoms with Crippen LogP contribution in [-0.4, -0.2) is 56.4 Å². The molecule has 0 atom stereocenters. The monoisotopic (exact) mass is 288 g/mol. The van der Waals surface area contributed by atoms with Gasteiger partial charge in [0.15, 0.2) is 0 Å². The summed E-state index contributed by atoms with van der Waals surface area (Å²) in [4.78, 5) is 0. The molecule has 0 spiro atoms. The van der Waals surface area contributed by atoms with Crippen LogP contribution in [-0.2, 0) is 41.2 Å². The van der Waals surface area contributed by atoms with Crippen molar-refractivity contribution in [2.24, 2.45) is 0 Å². The maximum atomic E-state index is 3.50. The van der Waals surface area contributed by atoms with E-state index in [1.165, 1.54) is 0 Å². The Bertz CT molecular complexity index is 29.3. The van der Waals surface area contributed by atoms with Gasteiger partial charge in [-0.25, -0.2) is 0 Å². The zero-order chi connectivity index (χ0) is 10.8. The molecule has 0 heterocycles. The van der Waals surface area contributed by atoms with Gasteiger partial charge in [-0.2, -0.15) is 56.4 Å². The molecule has 0 aliphatic carbocycles. The molecule has 0 amide bonds. The number of rotatable bonds is 0. The van der Waals surface area contributed by atoms with E-state index >= 15 is 0 Å². The standard InChI is InChI=1S/4C2H6N.Ti.Zn/c4*1-3-2;;/h4*1-2H3;;/q4*-1;+4;. The Balaban J connectivity index is -0.0000000145. The maximum absolute atomic E-state index is 3.50. The van der Waals surface area contributed by atoms with Crippen molar-refractivity contribution in [1.29, 1.82) is 0 Å². The number of hydrogen-bond acceptors (Lipinski definition) is 0. The zero-order valence-electron chi connectivity index (χ0n) is 11.0. The fraction of sp³-hybridized carbons (Fsp3) is 1.00. The van der Waals surface area contributed by atoms with Crippen molar-refractivity contribution >= 4 is 0 Å². The number of nitrogens with zero attached hydrogens (tertiary/aromatic N) is 4. The van der Waals surface area contributed by atoms with Gasteiger partial charge in [0, 0.05) is 19.5 Å².